The van der Waals surface area contributed by atoms with E-state index in [9.17, 15) is 0 Å². The zero-order valence-corrected chi connectivity index (χ0v) is 9.24. The standard InChI is InChI=1S/C12H19NO2/c1-11-3-5-12(6-4-11)15-10-9-14-8-2-7-13/h3-6H,2,7-10,13H2,1H3. The lowest BCUT2D eigenvalue weighted by Gasteiger charge is -2.06. The summed E-state index contributed by atoms with van der Waals surface area (Å²) in [6, 6.07) is 8.00. The highest BCUT2D eigenvalue weighted by Crippen LogP contribution is 2.10. The van der Waals surface area contributed by atoms with E-state index in [4.69, 9.17) is 15.2 Å². The molecule has 0 spiro atoms. The highest BCUT2D eigenvalue weighted by atomic mass is 16.5. The fraction of sp³-hybridized carbons (Fsp3) is 0.500. The summed E-state index contributed by atoms with van der Waals surface area (Å²) in [5.41, 5.74) is 6.57. The van der Waals surface area contributed by atoms with Gasteiger partial charge in [-0.3, -0.25) is 0 Å². The van der Waals surface area contributed by atoms with Crippen molar-refractivity contribution in [2.24, 2.45) is 5.73 Å². The molecule has 15 heavy (non-hydrogen) atoms. The largest absolute Gasteiger partial charge is 0.491 e. The maximum atomic E-state index is 5.48. The van der Waals surface area contributed by atoms with Crippen LogP contribution >= 0.6 is 0 Å². The fourth-order valence-corrected chi connectivity index (χ4v) is 1.14. The highest BCUT2D eigenvalue weighted by molar-refractivity contribution is 5.26. The summed E-state index contributed by atoms with van der Waals surface area (Å²) in [6.07, 6.45) is 0.907. The van der Waals surface area contributed by atoms with Gasteiger partial charge >= 0.3 is 0 Å². The van der Waals surface area contributed by atoms with Gasteiger partial charge in [-0.25, -0.2) is 0 Å². The van der Waals surface area contributed by atoms with Crippen molar-refractivity contribution in [3.63, 3.8) is 0 Å². The predicted molar refractivity (Wildman–Crippen MR) is 61.2 cm³/mol. The molecule has 0 saturated heterocycles. The lowest BCUT2D eigenvalue weighted by molar-refractivity contribution is 0.0994. The molecule has 0 aliphatic carbocycles. The minimum atomic E-state index is 0.591. The number of ether oxygens (including phenoxy) is 2. The van der Waals surface area contributed by atoms with Crippen LogP contribution in [0.25, 0.3) is 0 Å². The smallest absolute Gasteiger partial charge is 0.119 e. The first-order valence-corrected chi connectivity index (χ1v) is 5.30. The van der Waals surface area contributed by atoms with E-state index in [0.717, 1.165) is 12.2 Å². The van der Waals surface area contributed by atoms with Gasteiger partial charge in [0.15, 0.2) is 0 Å². The molecule has 0 bridgehead atoms. The third-order valence-electron chi connectivity index (χ3n) is 2.01. The first-order chi connectivity index (χ1) is 7.33. The van der Waals surface area contributed by atoms with Crippen LogP contribution in [0.3, 0.4) is 0 Å². The lowest BCUT2D eigenvalue weighted by atomic mass is 10.2. The van der Waals surface area contributed by atoms with Gasteiger partial charge in [-0.15, -0.1) is 0 Å². The maximum absolute atomic E-state index is 5.48. The van der Waals surface area contributed by atoms with E-state index in [1.807, 2.05) is 24.3 Å². The van der Waals surface area contributed by atoms with Crippen LogP contribution in [0, 0.1) is 6.92 Å². The Morgan fingerprint density at radius 1 is 1.07 bits per heavy atom. The summed E-state index contributed by atoms with van der Waals surface area (Å²) in [4.78, 5) is 0. The molecule has 0 atom stereocenters. The topological polar surface area (TPSA) is 44.5 Å². The van der Waals surface area contributed by atoms with Crippen LogP contribution in [0.4, 0.5) is 0 Å². The Labute approximate surface area is 91.2 Å². The van der Waals surface area contributed by atoms with Crippen LogP contribution in [0.15, 0.2) is 24.3 Å². The summed E-state index contributed by atoms with van der Waals surface area (Å²) in [6.45, 7) is 4.66. The number of hydrogen-bond acceptors (Lipinski definition) is 3. The van der Waals surface area contributed by atoms with Gasteiger partial charge in [0, 0.05) is 6.61 Å². The summed E-state index contributed by atoms with van der Waals surface area (Å²) in [5, 5.41) is 0. The molecule has 2 N–H and O–H groups in total. The molecule has 0 heterocycles. The van der Waals surface area contributed by atoms with Gasteiger partial charge in [0.2, 0.25) is 0 Å². The molecule has 0 aliphatic rings. The van der Waals surface area contributed by atoms with E-state index >= 15 is 0 Å². The third kappa shape index (κ3) is 5.40. The van der Waals surface area contributed by atoms with Crippen molar-refractivity contribution in [3.05, 3.63) is 29.8 Å². The second-order valence-electron chi connectivity index (χ2n) is 3.42. The van der Waals surface area contributed by atoms with Crippen LogP contribution in [-0.2, 0) is 4.74 Å². The van der Waals surface area contributed by atoms with E-state index in [2.05, 4.69) is 6.92 Å². The van der Waals surface area contributed by atoms with Crippen LogP contribution in [-0.4, -0.2) is 26.4 Å². The third-order valence-corrected chi connectivity index (χ3v) is 2.01. The van der Waals surface area contributed by atoms with E-state index in [0.29, 0.717) is 26.4 Å². The predicted octanol–water partition coefficient (Wildman–Crippen LogP) is 1.74. The number of benzene rings is 1. The minimum absolute atomic E-state index is 0.591. The van der Waals surface area contributed by atoms with Crippen molar-refractivity contribution in [1.29, 1.82) is 0 Å². The fourth-order valence-electron chi connectivity index (χ4n) is 1.14. The first kappa shape index (κ1) is 12.0. The molecule has 1 rings (SSSR count). The Morgan fingerprint density at radius 3 is 2.47 bits per heavy atom. The second-order valence-corrected chi connectivity index (χ2v) is 3.42. The SMILES string of the molecule is Cc1ccc(OCCOCCCN)cc1. The molecule has 84 valence electrons. The van der Waals surface area contributed by atoms with Gasteiger partial charge in [0.1, 0.15) is 12.4 Å². The molecule has 3 nitrogen and oxygen atoms in total. The van der Waals surface area contributed by atoms with Crippen LogP contribution < -0.4 is 10.5 Å². The molecule has 0 unspecified atom stereocenters. The number of hydrogen-bond donors (Lipinski definition) is 1. The van der Waals surface area contributed by atoms with E-state index < -0.39 is 0 Å². The quantitative estimate of drug-likeness (QED) is 0.696. The summed E-state index contributed by atoms with van der Waals surface area (Å²) in [5.74, 6) is 0.892. The van der Waals surface area contributed by atoms with Crippen LogP contribution in [0.5, 0.6) is 5.75 Å². The van der Waals surface area contributed by atoms with Gasteiger partial charge in [-0.1, -0.05) is 17.7 Å². The van der Waals surface area contributed by atoms with Crippen molar-refractivity contribution >= 4 is 0 Å². The van der Waals surface area contributed by atoms with Gasteiger partial charge < -0.3 is 15.2 Å². The molecular formula is C12H19NO2. The van der Waals surface area contributed by atoms with Crippen molar-refractivity contribution < 1.29 is 9.47 Å². The van der Waals surface area contributed by atoms with Gasteiger partial charge in [0.25, 0.3) is 0 Å². The Kier molecular flexibility index (Phi) is 5.81. The van der Waals surface area contributed by atoms with Gasteiger partial charge in [-0.05, 0) is 32.0 Å². The monoisotopic (exact) mass is 209 g/mol. The number of nitrogens with two attached hydrogens (primary N) is 1. The Morgan fingerprint density at radius 2 is 1.80 bits per heavy atom. The van der Waals surface area contributed by atoms with Crippen LogP contribution in [0.1, 0.15) is 12.0 Å². The Balaban J connectivity index is 2.07. The molecule has 0 saturated carbocycles. The highest BCUT2D eigenvalue weighted by Gasteiger charge is 1.93. The molecule has 1 aromatic rings. The summed E-state index contributed by atoms with van der Waals surface area (Å²) >= 11 is 0. The molecule has 0 aromatic heterocycles. The normalized spacial score (nSPS) is 10.3. The van der Waals surface area contributed by atoms with E-state index in [1.54, 1.807) is 0 Å². The summed E-state index contributed by atoms with van der Waals surface area (Å²) < 4.78 is 10.8. The maximum Gasteiger partial charge on any atom is 0.119 e. The van der Waals surface area contributed by atoms with E-state index in [-0.39, 0.29) is 0 Å². The van der Waals surface area contributed by atoms with Crippen molar-refractivity contribution in [1.82, 2.24) is 0 Å². The number of aryl methyl sites for hydroxylation is 1. The molecular weight excluding hydrogens is 190 g/mol. The zero-order valence-electron chi connectivity index (χ0n) is 9.24. The minimum Gasteiger partial charge on any atom is -0.491 e. The van der Waals surface area contributed by atoms with Crippen molar-refractivity contribution in [3.8, 4) is 5.75 Å². The van der Waals surface area contributed by atoms with Crippen molar-refractivity contribution in [2.75, 3.05) is 26.4 Å². The molecule has 0 radical (unpaired) electrons. The number of rotatable bonds is 7. The molecule has 3 heteroatoms. The first-order valence-electron chi connectivity index (χ1n) is 5.30. The second kappa shape index (κ2) is 7.26. The Bertz CT molecular complexity index is 259. The molecule has 0 aliphatic heterocycles. The zero-order chi connectivity index (χ0) is 10.9. The lowest BCUT2D eigenvalue weighted by Crippen LogP contribution is -2.10. The molecule has 1 aromatic carbocycles. The van der Waals surface area contributed by atoms with Crippen LogP contribution in [0.2, 0.25) is 0 Å². The van der Waals surface area contributed by atoms with E-state index in [1.165, 1.54) is 5.56 Å². The molecule has 0 amide bonds. The molecule has 0 fully saturated rings. The average Bonchev–Trinajstić information content (AvgIpc) is 2.26. The Hall–Kier alpha value is -1.06. The van der Waals surface area contributed by atoms with Gasteiger partial charge in [-0.2, -0.15) is 0 Å². The summed E-state index contributed by atoms with van der Waals surface area (Å²) in [7, 11) is 0. The average molecular weight is 209 g/mol. The van der Waals surface area contributed by atoms with Crippen molar-refractivity contribution in [2.45, 2.75) is 13.3 Å². The van der Waals surface area contributed by atoms with Gasteiger partial charge in [0.05, 0.1) is 6.61 Å².